The van der Waals surface area contributed by atoms with Crippen molar-refractivity contribution in [1.29, 1.82) is 0 Å². The first kappa shape index (κ1) is 42.9. The molecule has 5 rings (SSSR count). The molecule has 0 saturated heterocycles. The van der Waals surface area contributed by atoms with Crippen molar-refractivity contribution in [1.82, 2.24) is 0 Å². The molecule has 304 valence electrons. The van der Waals surface area contributed by atoms with E-state index in [2.05, 4.69) is 48.5 Å². The summed E-state index contributed by atoms with van der Waals surface area (Å²) in [6, 6.07) is 24.7. The molecule has 1 aliphatic rings. The van der Waals surface area contributed by atoms with Gasteiger partial charge in [0.15, 0.2) is 0 Å². The van der Waals surface area contributed by atoms with E-state index in [1.165, 1.54) is 0 Å². The van der Waals surface area contributed by atoms with Gasteiger partial charge >= 0.3 is 0 Å². The van der Waals surface area contributed by atoms with Gasteiger partial charge in [-0.2, -0.15) is 0 Å². The summed E-state index contributed by atoms with van der Waals surface area (Å²) in [5.41, 5.74) is 7.78. The van der Waals surface area contributed by atoms with Gasteiger partial charge in [-0.3, -0.25) is 0 Å². The predicted octanol–water partition coefficient (Wildman–Crippen LogP) is 3.91. The van der Waals surface area contributed by atoms with Crippen LogP contribution >= 0.6 is 0 Å². The normalized spacial score (nSPS) is 12.4. The second-order valence-electron chi connectivity index (χ2n) is 13.1. The first-order valence-corrected chi connectivity index (χ1v) is 19.4. The molecule has 0 fully saturated rings. The van der Waals surface area contributed by atoms with Gasteiger partial charge in [-0.1, -0.05) is 72.8 Å². The zero-order chi connectivity index (χ0) is 39.2. The quantitative estimate of drug-likeness (QED) is 0.0672. The van der Waals surface area contributed by atoms with Crippen molar-refractivity contribution in [2.45, 2.75) is 25.7 Å². The van der Waals surface area contributed by atoms with Crippen LogP contribution in [-0.4, -0.2) is 126 Å². The molecule has 12 nitrogen and oxygen atoms in total. The number of aliphatic hydroxyl groups excluding tert-OH is 4. The Bertz CT molecular complexity index is 1410. The summed E-state index contributed by atoms with van der Waals surface area (Å²) in [6.45, 7) is 3.13. The molecule has 0 saturated carbocycles. The Balaban J connectivity index is 1.63. The van der Waals surface area contributed by atoms with Crippen LogP contribution in [0.1, 0.15) is 44.5 Å². The minimum atomic E-state index is -0.0631. The Morgan fingerprint density at radius 3 is 0.661 bits per heavy atom. The van der Waals surface area contributed by atoms with Crippen LogP contribution in [0.15, 0.2) is 72.8 Å². The van der Waals surface area contributed by atoms with Crippen molar-refractivity contribution < 1.29 is 58.3 Å². The van der Waals surface area contributed by atoms with Crippen LogP contribution in [0.25, 0.3) is 0 Å². The number of hydrogen-bond acceptors (Lipinski definition) is 12. The van der Waals surface area contributed by atoms with E-state index in [4.69, 9.17) is 37.9 Å². The molecule has 1 aliphatic carbocycles. The van der Waals surface area contributed by atoms with E-state index < -0.39 is 0 Å². The molecule has 12 heteroatoms. The molecule has 0 atom stereocenters. The van der Waals surface area contributed by atoms with Crippen LogP contribution in [0.4, 0.5) is 0 Å². The molecular formula is C44H56O12. The van der Waals surface area contributed by atoms with Gasteiger partial charge in [0.2, 0.25) is 0 Å². The molecule has 0 spiro atoms. The number of benzene rings is 4. The summed E-state index contributed by atoms with van der Waals surface area (Å²) in [5.74, 6) is 3.01. The van der Waals surface area contributed by atoms with E-state index in [1.807, 2.05) is 24.3 Å². The van der Waals surface area contributed by atoms with Crippen LogP contribution in [0, 0.1) is 0 Å². The number of ether oxygens (including phenoxy) is 8. The fourth-order valence-corrected chi connectivity index (χ4v) is 6.71. The van der Waals surface area contributed by atoms with Gasteiger partial charge in [0.05, 0.1) is 79.3 Å². The Morgan fingerprint density at radius 2 is 0.482 bits per heavy atom. The molecule has 4 N–H and O–H groups in total. The highest BCUT2D eigenvalue weighted by Crippen LogP contribution is 2.39. The minimum absolute atomic E-state index is 0.0631. The number of para-hydroxylation sites is 4. The van der Waals surface area contributed by atoms with Gasteiger partial charge in [-0.25, -0.2) is 0 Å². The van der Waals surface area contributed by atoms with Gasteiger partial charge in [-0.05, 0) is 44.5 Å². The molecule has 0 aliphatic heterocycles. The number of aliphatic hydroxyl groups is 4. The van der Waals surface area contributed by atoms with Gasteiger partial charge < -0.3 is 58.3 Å². The van der Waals surface area contributed by atoms with Crippen LogP contribution in [0.5, 0.6) is 23.0 Å². The fourth-order valence-electron chi connectivity index (χ4n) is 6.71. The topological polar surface area (TPSA) is 155 Å². The summed E-state index contributed by atoms with van der Waals surface area (Å²) in [7, 11) is 0. The third-order valence-electron chi connectivity index (χ3n) is 9.07. The van der Waals surface area contributed by atoms with E-state index in [9.17, 15) is 20.4 Å². The first-order chi connectivity index (χ1) is 27.7. The molecule has 8 bridgehead atoms. The maximum Gasteiger partial charge on any atom is 0.126 e. The summed E-state index contributed by atoms with van der Waals surface area (Å²) >= 11 is 0. The Kier molecular flexibility index (Phi) is 18.7. The van der Waals surface area contributed by atoms with E-state index in [1.54, 1.807) is 0 Å². The average molecular weight is 777 g/mol. The van der Waals surface area contributed by atoms with Crippen molar-refractivity contribution >= 4 is 0 Å². The molecule has 0 radical (unpaired) electrons. The lowest BCUT2D eigenvalue weighted by Gasteiger charge is -2.23. The standard InChI is InChI=1S/C44H56O12/c45-13-17-49-21-25-53-41-33-5-1-6-34(41)30-36-8-3-10-38(43(36)55-27-23-51-19-15-47)32-40-12-4-11-39(44(40)56-28-24-52-20-16-48)31-37-9-2-7-35(29-33)42(37)54-26-22-50-18-14-46/h1-12,45-48H,13-32H2. The van der Waals surface area contributed by atoms with E-state index >= 15 is 0 Å². The molecule has 0 heterocycles. The Hall–Kier alpha value is -4.24. The van der Waals surface area contributed by atoms with Crippen molar-refractivity contribution in [3.63, 3.8) is 0 Å². The van der Waals surface area contributed by atoms with Gasteiger partial charge in [0.1, 0.15) is 49.4 Å². The van der Waals surface area contributed by atoms with Crippen molar-refractivity contribution in [3.05, 3.63) is 117 Å². The largest absolute Gasteiger partial charge is 0.491 e. The second kappa shape index (κ2) is 24.4. The summed E-state index contributed by atoms with van der Waals surface area (Å²) in [4.78, 5) is 0. The van der Waals surface area contributed by atoms with E-state index in [0.717, 1.165) is 67.5 Å². The first-order valence-electron chi connectivity index (χ1n) is 19.4. The number of rotatable bonds is 24. The molecule has 0 amide bonds. The highest BCUT2D eigenvalue weighted by molar-refractivity contribution is 5.56. The maximum atomic E-state index is 9.24. The maximum absolute atomic E-state index is 9.24. The molecular weight excluding hydrogens is 720 g/mol. The van der Waals surface area contributed by atoms with Crippen molar-refractivity contribution in [3.8, 4) is 23.0 Å². The van der Waals surface area contributed by atoms with Crippen molar-refractivity contribution in [2.75, 3.05) is 106 Å². The minimum Gasteiger partial charge on any atom is -0.491 e. The van der Waals surface area contributed by atoms with Crippen LogP contribution < -0.4 is 18.9 Å². The summed E-state index contributed by atoms with van der Waals surface area (Å²) in [6.07, 6.45) is 2.05. The third kappa shape index (κ3) is 12.9. The smallest absolute Gasteiger partial charge is 0.126 e. The Labute approximate surface area is 329 Å². The number of hydrogen-bond donors (Lipinski definition) is 4. The molecule has 0 aromatic heterocycles. The lowest BCUT2D eigenvalue weighted by atomic mass is 9.91. The molecule has 56 heavy (non-hydrogen) atoms. The van der Waals surface area contributed by atoms with E-state index in [0.29, 0.717) is 78.5 Å². The Morgan fingerprint density at radius 1 is 0.286 bits per heavy atom. The zero-order valence-corrected chi connectivity index (χ0v) is 32.1. The molecule has 0 unspecified atom stereocenters. The summed E-state index contributed by atoms with van der Waals surface area (Å²) in [5, 5.41) is 37.0. The van der Waals surface area contributed by atoms with Gasteiger partial charge in [0.25, 0.3) is 0 Å². The average Bonchev–Trinajstić information content (AvgIpc) is 3.20. The zero-order valence-electron chi connectivity index (χ0n) is 32.1. The third-order valence-corrected chi connectivity index (χ3v) is 9.07. The number of fused-ring (bicyclic) bond motifs is 8. The van der Waals surface area contributed by atoms with Gasteiger partial charge in [0, 0.05) is 25.7 Å². The highest BCUT2D eigenvalue weighted by atomic mass is 16.5. The second-order valence-corrected chi connectivity index (χ2v) is 13.1. The lowest BCUT2D eigenvalue weighted by Crippen LogP contribution is -2.14. The van der Waals surface area contributed by atoms with Crippen LogP contribution in [0.3, 0.4) is 0 Å². The monoisotopic (exact) mass is 776 g/mol. The predicted molar refractivity (Wildman–Crippen MR) is 211 cm³/mol. The van der Waals surface area contributed by atoms with Crippen LogP contribution in [-0.2, 0) is 44.6 Å². The van der Waals surface area contributed by atoms with Gasteiger partial charge in [-0.15, -0.1) is 0 Å². The van der Waals surface area contributed by atoms with E-state index in [-0.39, 0.29) is 52.9 Å². The SMILES string of the molecule is OCCOCCOc1c2cccc1Cc1cccc(c1OCCOCCO)Cc1cccc(c1OCCOCCO)Cc1cccc(c1OCCOCCO)C2. The molecule has 4 aromatic carbocycles. The summed E-state index contributed by atoms with van der Waals surface area (Å²) < 4.78 is 48.3. The van der Waals surface area contributed by atoms with Crippen LogP contribution in [0.2, 0.25) is 0 Å². The fraction of sp³-hybridized carbons (Fsp3) is 0.455. The molecule has 4 aromatic rings. The highest BCUT2D eigenvalue weighted by Gasteiger charge is 2.22. The lowest BCUT2D eigenvalue weighted by molar-refractivity contribution is 0.0696. The van der Waals surface area contributed by atoms with Crippen molar-refractivity contribution in [2.24, 2.45) is 0 Å².